The van der Waals surface area contributed by atoms with Crippen molar-refractivity contribution in [1.82, 2.24) is 0 Å². The van der Waals surface area contributed by atoms with Crippen LogP contribution in [0.25, 0.3) is 21.5 Å². The lowest BCUT2D eigenvalue weighted by Gasteiger charge is -2.33. The normalized spacial score (nSPS) is 11.5. The molecule has 0 N–H and O–H groups in total. The van der Waals surface area contributed by atoms with E-state index in [1.165, 1.54) is 42.5 Å². The first-order chi connectivity index (χ1) is 42.5. The van der Waals surface area contributed by atoms with Crippen LogP contribution in [-0.4, -0.2) is 84.5 Å². The van der Waals surface area contributed by atoms with Crippen molar-refractivity contribution in [2.75, 3.05) is 51.1 Å². The number of carbonyl (C=O) groups excluding carboxylic acids is 4. The Kier molecular flexibility index (Phi) is 17.2. The highest BCUT2D eigenvalue weighted by Gasteiger charge is 2.40. The van der Waals surface area contributed by atoms with Crippen LogP contribution in [0.15, 0.2) is 216 Å². The fourth-order valence-corrected chi connectivity index (χ4v) is 13.5. The molecule has 10 aromatic carbocycles. The van der Waals surface area contributed by atoms with Gasteiger partial charge in [0, 0.05) is 14.1 Å². The molecule has 0 unspecified atom stereocenters. The van der Waals surface area contributed by atoms with Gasteiger partial charge in [-0.1, -0.05) is 121 Å². The fraction of sp³-hybridized carbons (Fsp3) is 0.111. The first-order valence-corrected chi connectivity index (χ1v) is 30.2. The van der Waals surface area contributed by atoms with E-state index in [9.17, 15) is 36.0 Å². The number of ether oxygens (including phenoxy) is 4. The van der Waals surface area contributed by atoms with Gasteiger partial charge in [-0.05, 0) is 164 Å². The largest absolute Gasteiger partial charge is 0.496 e. The molecule has 438 valence electrons. The second-order valence-electron chi connectivity index (χ2n) is 20.4. The minimum Gasteiger partial charge on any atom is -0.496 e. The maximum atomic E-state index is 14.7. The van der Waals surface area contributed by atoms with Crippen LogP contribution in [0.1, 0.15) is 74.8 Å². The van der Waals surface area contributed by atoms with E-state index in [-0.39, 0.29) is 66.4 Å². The number of rotatable bonds is 20. The Balaban J connectivity index is 1.27. The molecule has 0 spiro atoms. The van der Waals surface area contributed by atoms with Crippen LogP contribution >= 0.6 is 0 Å². The van der Waals surface area contributed by atoms with Gasteiger partial charge in [-0.25, -0.2) is 16.8 Å². The predicted octanol–water partition coefficient (Wildman–Crippen LogP) is 12.3. The van der Waals surface area contributed by atoms with Crippen LogP contribution in [0.2, 0.25) is 0 Å². The fourth-order valence-electron chi connectivity index (χ4n) is 11.0. The lowest BCUT2D eigenvalue weighted by molar-refractivity contribution is 0.111. The molecule has 88 heavy (non-hydrogen) atoms. The summed E-state index contributed by atoms with van der Waals surface area (Å²) in [5.74, 6) is 14.2. The molecular weight excluding hydrogens is 1150 g/mol. The maximum Gasteiger partial charge on any atom is 0.264 e. The van der Waals surface area contributed by atoms with Crippen molar-refractivity contribution >= 4 is 78.1 Å². The summed E-state index contributed by atoms with van der Waals surface area (Å²) in [5.41, 5.74) is -0.286. The van der Waals surface area contributed by atoms with Gasteiger partial charge in [-0.3, -0.25) is 27.8 Å². The van der Waals surface area contributed by atoms with Gasteiger partial charge in [0.15, 0.2) is 25.1 Å². The van der Waals surface area contributed by atoms with Gasteiger partial charge in [0.25, 0.3) is 20.0 Å². The zero-order chi connectivity index (χ0) is 62.4. The molecule has 0 heterocycles. The highest BCUT2D eigenvalue weighted by atomic mass is 32.2. The Labute approximate surface area is 510 Å². The molecule has 0 aromatic heterocycles. The van der Waals surface area contributed by atoms with Crippen LogP contribution in [0.4, 0.5) is 11.4 Å². The molecule has 0 fully saturated rings. The van der Waals surface area contributed by atoms with Crippen LogP contribution in [0.5, 0.6) is 23.0 Å². The summed E-state index contributed by atoms with van der Waals surface area (Å²) in [6.07, 6.45) is 2.51. The highest BCUT2D eigenvalue weighted by molar-refractivity contribution is 7.93. The number of sulfonamides is 2. The molecule has 0 radical (unpaired) electrons. The van der Waals surface area contributed by atoms with Gasteiger partial charge >= 0.3 is 0 Å². The van der Waals surface area contributed by atoms with E-state index in [1.807, 2.05) is 48.5 Å². The second-order valence-corrected chi connectivity index (χ2v) is 24.3. The van der Waals surface area contributed by atoms with Gasteiger partial charge in [0.1, 0.15) is 33.8 Å². The first-order valence-electron chi connectivity index (χ1n) is 27.3. The van der Waals surface area contributed by atoms with Gasteiger partial charge in [-0.2, -0.15) is 0 Å². The minimum absolute atomic E-state index is 0.0402. The average molecular weight is 1210 g/mol. The van der Waals surface area contributed by atoms with E-state index in [0.717, 1.165) is 30.2 Å². The molecule has 16 heteroatoms. The van der Waals surface area contributed by atoms with Crippen molar-refractivity contribution in [2.24, 2.45) is 0 Å². The summed E-state index contributed by atoms with van der Waals surface area (Å²) >= 11 is 0. The van der Waals surface area contributed by atoms with Crippen LogP contribution in [-0.2, 0) is 30.9 Å². The molecule has 0 saturated carbocycles. The van der Waals surface area contributed by atoms with E-state index in [4.69, 9.17) is 18.9 Å². The molecule has 0 atom stereocenters. The number of hydrogen-bond donors (Lipinski definition) is 0. The Morgan fingerprint density at radius 3 is 0.932 bits per heavy atom. The van der Waals surface area contributed by atoms with Crippen LogP contribution < -0.4 is 27.6 Å². The molecule has 14 nitrogen and oxygen atoms in total. The summed E-state index contributed by atoms with van der Waals surface area (Å²) < 4.78 is 83.6. The summed E-state index contributed by atoms with van der Waals surface area (Å²) in [4.78, 5) is 52.1. The van der Waals surface area contributed by atoms with Gasteiger partial charge in [-0.15, -0.1) is 0 Å². The molecule has 0 aliphatic heterocycles. The molecule has 0 saturated heterocycles. The monoisotopic (exact) mass is 1200 g/mol. The van der Waals surface area contributed by atoms with E-state index in [2.05, 4.69) is 23.7 Å². The summed E-state index contributed by atoms with van der Waals surface area (Å²) in [7, 11) is 0.0933. The van der Waals surface area contributed by atoms with Crippen molar-refractivity contribution in [1.29, 1.82) is 0 Å². The second kappa shape index (κ2) is 25.0. The number of aldehydes is 4. The van der Waals surface area contributed by atoms with Crippen molar-refractivity contribution in [3.05, 3.63) is 262 Å². The molecule has 0 bridgehead atoms. The number of methoxy groups -OCH3 is 4. The van der Waals surface area contributed by atoms with E-state index in [1.54, 1.807) is 158 Å². The number of benzene rings is 10. The molecule has 0 aliphatic rings. The van der Waals surface area contributed by atoms with E-state index >= 15 is 0 Å². The predicted molar refractivity (Wildman–Crippen MR) is 341 cm³/mol. The number of nitrogens with zero attached hydrogens (tertiary/aromatic N) is 2. The SMILES string of the molecule is COc1ccc(C(C#CC#CC(c2cccc(N(C)S(=O)(=O)c3ccc4ccccc4c3)c2)(c2ccc(OC)c(C=O)c2)c2ccc(OC)c(C=O)c2)(c2cccc(N(C)S(=O)(=O)c3ccc4ccccc4c3)c2)c2ccc(OC)c(C=O)c2)cc1C=O. The Bertz CT molecular complexity index is 4370. The molecule has 0 aliphatic carbocycles. The standard InChI is InChI=1S/C72H56N2O12S2/c1-73(87(79,80)65-29-23-49-15-7-9-17-51(49)41-65)63-21-13-19-57(43-63)71(59-25-31-67(83-3)53(37-59)45-75,60-26-32-68(84-4)54(38-60)46-76)35-11-12-36-72(61-27-33-69(85-5)55(39-61)47-77,62-28-34-70(86-6)56(40-62)48-78)58-20-14-22-64(44-58)74(2)88(81,82)66-30-24-50-16-8-10-18-52(50)42-66/h7-10,13-34,37-48H,1-6H3. The van der Waals surface area contributed by atoms with E-state index in [0.29, 0.717) is 58.5 Å². The van der Waals surface area contributed by atoms with Gasteiger partial charge < -0.3 is 18.9 Å². The van der Waals surface area contributed by atoms with E-state index < -0.39 is 30.9 Å². The van der Waals surface area contributed by atoms with Crippen molar-refractivity contribution < 1.29 is 55.0 Å². The summed E-state index contributed by atoms with van der Waals surface area (Å²) in [6, 6.07) is 57.6. The Morgan fingerprint density at radius 2 is 0.636 bits per heavy atom. The minimum atomic E-state index is -4.24. The third-order valence-corrected chi connectivity index (χ3v) is 19.3. The Hall–Kier alpha value is -10.8. The maximum absolute atomic E-state index is 14.7. The van der Waals surface area contributed by atoms with Crippen molar-refractivity contribution in [3.63, 3.8) is 0 Å². The van der Waals surface area contributed by atoms with Gasteiger partial charge in [0.2, 0.25) is 0 Å². The lowest BCUT2D eigenvalue weighted by atomic mass is 9.68. The smallest absolute Gasteiger partial charge is 0.264 e. The van der Waals surface area contributed by atoms with Gasteiger partial charge in [0.05, 0.1) is 71.9 Å². The molecule has 10 aromatic rings. The topological polar surface area (TPSA) is 180 Å². The third kappa shape index (κ3) is 11.0. The molecule has 0 amide bonds. The lowest BCUT2D eigenvalue weighted by Crippen LogP contribution is -2.30. The molecule has 10 rings (SSSR count). The van der Waals surface area contributed by atoms with Crippen molar-refractivity contribution in [3.8, 4) is 46.7 Å². The van der Waals surface area contributed by atoms with Crippen LogP contribution in [0, 0.1) is 23.7 Å². The summed E-state index contributed by atoms with van der Waals surface area (Å²) in [6.45, 7) is 0. The van der Waals surface area contributed by atoms with Crippen molar-refractivity contribution in [2.45, 2.75) is 20.6 Å². The quantitative estimate of drug-likeness (QED) is 0.0401. The number of fused-ring (bicyclic) bond motifs is 2. The number of anilines is 2. The first kappa shape index (κ1) is 60.3. The average Bonchev–Trinajstić information content (AvgIpc) is 1.56. The van der Waals surface area contributed by atoms with Crippen LogP contribution in [0.3, 0.4) is 0 Å². The highest BCUT2D eigenvalue weighted by Crippen LogP contribution is 2.45. The Morgan fingerprint density at radius 1 is 0.341 bits per heavy atom. The summed E-state index contributed by atoms with van der Waals surface area (Å²) in [5, 5.41) is 3.15. The zero-order valence-corrected chi connectivity index (χ0v) is 50.2. The number of carbonyl (C=O) groups is 4. The zero-order valence-electron chi connectivity index (χ0n) is 48.5. The molecular formula is C72H56N2O12S2. The number of hydrogen-bond acceptors (Lipinski definition) is 12. The third-order valence-electron chi connectivity index (χ3n) is 15.8.